The number of rotatable bonds is 3. The molecule has 0 aliphatic carbocycles. The van der Waals surface area contributed by atoms with Crippen LogP contribution in [0.2, 0.25) is 0 Å². The van der Waals surface area contributed by atoms with E-state index in [0.717, 1.165) is 38.4 Å². The molecule has 2 atom stereocenters. The van der Waals surface area contributed by atoms with Gasteiger partial charge in [-0.2, -0.15) is 0 Å². The molecule has 6 heteroatoms. The molecule has 0 radical (unpaired) electrons. The van der Waals surface area contributed by atoms with E-state index in [1.807, 2.05) is 13.8 Å². The number of nitrogens with zero attached hydrogens (tertiary/aromatic N) is 2. The van der Waals surface area contributed by atoms with Crippen LogP contribution in [-0.4, -0.2) is 60.7 Å². The number of hydrogen-bond donors (Lipinski definition) is 3. The third kappa shape index (κ3) is 3.87. The van der Waals surface area contributed by atoms with Gasteiger partial charge >= 0.3 is 0 Å². The molecule has 2 saturated heterocycles. The van der Waals surface area contributed by atoms with E-state index in [-0.39, 0.29) is 11.3 Å². The summed E-state index contributed by atoms with van der Waals surface area (Å²) in [5.41, 5.74) is -0.672. The van der Waals surface area contributed by atoms with Crippen molar-refractivity contribution in [2.75, 3.05) is 33.2 Å². The first-order chi connectivity index (χ1) is 9.90. The fraction of sp³-hybridized carbons (Fsp3) is 0.867. The highest BCUT2D eigenvalue weighted by Gasteiger charge is 2.42. The number of amides is 1. The summed E-state index contributed by atoms with van der Waals surface area (Å²) in [5, 5.41) is 16.3. The maximum absolute atomic E-state index is 11.6. The first-order valence-electron chi connectivity index (χ1n) is 7.84. The highest BCUT2D eigenvalue weighted by molar-refractivity contribution is 5.81. The largest absolute Gasteiger partial charge is 0.388 e. The van der Waals surface area contributed by atoms with Crippen LogP contribution in [0.25, 0.3) is 0 Å². The minimum absolute atomic E-state index is 0.0558. The van der Waals surface area contributed by atoms with Gasteiger partial charge in [-0.15, -0.1) is 0 Å². The maximum Gasteiger partial charge on any atom is 0.220 e. The molecule has 6 nitrogen and oxygen atoms in total. The summed E-state index contributed by atoms with van der Waals surface area (Å²) in [6.45, 7) is 6.84. The van der Waals surface area contributed by atoms with Gasteiger partial charge in [-0.05, 0) is 26.2 Å². The Morgan fingerprint density at radius 3 is 2.95 bits per heavy atom. The lowest BCUT2D eigenvalue weighted by Gasteiger charge is -2.41. The molecule has 0 aromatic rings. The topological polar surface area (TPSA) is 77.0 Å². The molecule has 1 spiro atoms. The normalized spacial score (nSPS) is 29.4. The molecule has 2 aliphatic heterocycles. The van der Waals surface area contributed by atoms with Gasteiger partial charge in [0.25, 0.3) is 0 Å². The van der Waals surface area contributed by atoms with E-state index in [9.17, 15) is 9.90 Å². The number of guanidine groups is 1. The number of carbonyl (C=O) groups excluding carboxylic acids is 1. The van der Waals surface area contributed by atoms with Gasteiger partial charge in [0.15, 0.2) is 5.96 Å². The van der Waals surface area contributed by atoms with Crippen molar-refractivity contribution in [3.05, 3.63) is 0 Å². The second kappa shape index (κ2) is 6.22. The summed E-state index contributed by atoms with van der Waals surface area (Å²) < 4.78 is 0. The zero-order valence-corrected chi connectivity index (χ0v) is 13.4. The van der Waals surface area contributed by atoms with Crippen LogP contribution in [-0.2, 0) is 4.79 Å². The molecule has 1 amide bonds. The minimum Gasteiger partial charge on any atom is -0.388 e. The number of piperidine rings is 1. The molecule has 2 unspecified atom stereocenters. The second-order valence-corrected chi connectivity index (χ2v) is 6.73. The van der Waals surface area contributed by atoms with Crippen LogP contribution in [0.15, 0.2) is 4.99 Å². The SMILES string of the molecule is CCC(C)(O)CNC(=NC)N1CCCC2(CNC(=O)C2)C1. The van der Waals surface area contributed by atoms with Crippen LogP contribution < -0.4 is 10.6 Å². The summed E-state index contributed by atoms with van der Waals surface area (Å²) in [5.74, 6) is 0.982. The molecular weight excluding hydrogens is 268 g/mol. The Kier molecular flexibility index (Phi) is 4.76. The second-order valence-electron chi connectivity index (χ2n) is 6.73. The van der Waals surface area contributed by atoms with E-state index >= 15 is 0 Å². The smallest absolute Gasteiger partial charge is 0.220 e. The number of carbonyl (C=O) groups is 1. The van der Waals surface area contributed by atoms with Crippen LogP contribution in [0.5, 0.6) is 0 Å². The van der Waals surface area contributed by atoms with E-state index in [2.05, 4.69) is 20.5 Å². The molecule has 0 aromatic carbocycles. The predicted octanol–water partition coefficient (Wildman–Crippen LogP) is 0.325. The van der Waals surface area contributed by atoms with Crippen molar-refractivity contribution in [2.24, 2.45) is 10.4 Å². The predicted molar refractivity (Wildman–Crippen MR) is 83.1 cm³/mol. The van der Waals surface area contributed by atoms with Gasteiger partial charge in [-0.25, -0.2) is 0 Å². The van der Waals surface area contributed by atoms with Crippen molar-refractivity contribution in [3.8, 4) is 0 Å². The Morgan fingerprint density at radius 1 is 1.62 bits per heavy atom. The number of aliphatic hydroxyl groups is 1. The number of likely N-dealkylation sites (tertiary alicyclic amines) is 1. The fourth-order valence-electron chi connectivity index (χ4n) is 3.16. The number of hydrogen-bond acceptors (Lipinski definition) is 3. The Labute approximate surface area is 127 Å². The van der Waals surface area contributed by atoms with E-state index in [1.54, 1.807) is 7.05 Å². The molecule has 2 aliphatic rings. The van der Waals surface area contributed by atoms with Crippen LogP contribution in [0.3, 0.4) is 0 Å². The molecule has 0 bridgehead atoms. The average molecular weight is 296 g/mol. The third-order valence-electron chi connectivity index (χ3n) is 4.76. The lowest BCUT2D eigenvalue weighted by molar-refractivity contribution is -0.119. The summed E-state index contributed by atoms with van der Waals surface area (Å²) in [6, 6.07) is 0. The van der Waals surface area contributed by atoms with Crippen molar-refractivity contribution in [1.82, 2.24) is 15.5 Å². The lowest BCUT2D eigenvalue weighted by atomic mass is 9.79. The third-order valence-corrected chi connectivity index (χ3v) is 4.76. The molecule has 0 aromatic heterocycles. The Hall–Kier alpha value is -1.30. The minimum atomic E-state index is -0.728. The van der Waals surface area contributed by atoms with Gasteiger partial charge in [0, 0.05) is 45.1 Å². The van der Waals surface area contributed by atoms with Gasteiger partial charge in [0.05, 0.1) is 5.60 Å². The average Bonchev–Trinajstić information content (AvgIpc) is 2.80. The standard InChI is InChI=1S/C15H28N4O2/c1-4-14(2,21)9-18-13(16-3)19-7-5-6-15(11-19)8-12(20)17-10-15/h21H,4-11H2,1-3H3,(H,16,18)(H,17,20). The highest BCUT2D eigenvalue weighted by atomic mass is 16.3. The van der Waals surface area contributed by atoms with Gasteiger partial charge < -0.3 is 20.6 Å². The van der Waals surface area contributed by atoms with E-state index < -0.39 is 5.60 Å². The van der Waals surface area contributed by atoms with Crippen molar-refractivity contribution in [3.63, 3.8) is 0 Å². The Bertz CT molecular complexity index is 422. The summed E-state index contributed by atoms with van der Waals surface area (Å²) >= 11 is 0. The van der Waals surface area contributed by atoms with Crippen LogP contribution >= 0.6 is 0 Å². The Balaban J connectivity index is 1.97. The van der Waals surface area contributed by atoms with Gasteiger partial charge in [-0.3, -0.25) is 9.79 Å². The summed E-state index contributed by atoms with van der Waals surface area (Å²) in [7, 11) is 1.77. The van der Waals surface area contributed by atoms with E-state index in [0.29, 0.717) is 19.4 Å². The first-order valence-corrected chi connectivity index (χ1v) is 7.84. The van der Waals surface area contributed by atoms with Gasteiger partial charge in [-0.1, -0.05) is 6.92 Å². The maximum atomic E-state index is 11.6. The van der Waals surface area contributed by atoms with Crippen LogP contribution in [0, 0.1) is 5.41 Å². The zero-order valence-electron chi connectivity index (χ0n) is 13.4. The molecule has 3 N–H and O–H groups in total. The molecular formula is C15H28N4O2. The molecule has 2 heterocycles. The van der Waals surface area contributed by atoms with Crippen molar-refractivity contribution in [2.45, 2.75) is 45.1 Å². The molecule has 2 rings (SSSR count). The number of nitrogens with one attached hydrogen (secondary N) is 2. The molecule has 120 valence electrons. The van der Waals surface area contributed by atoms with E-state index in [4.69, 9.17) is 0 Å². The highest BCUT2D eigenvalue weighted by Crippen LogP contribution is 2.35. The summed E-state index contributed by atoms with van der Waals surface area (Å²) in [6.07, 6.45) is 3.47. The van der Waals surface area contributed by atoms with Crippen molar-refractivity contribution < 1.29 is 9.90 Å². The molecule has 2 fully saturated rings. The quantitative estimate of drug-likeness (QED) is 0.518. The number of aliphatic imine (C=N–C) groups is 1. The lowest BCUT2D eigenvalue weighted by Crippen LogP contribution is -2.53. The molecule has 0 saturated carbocycles. The van der Waals surface area contributed by atoms with E-state index in [1.165, 1.54) is 0 Å². The summed E-state index contributed by atoms with van der Waals surface area (Å²) in [4.78, 5) is 18.1. The van der Waals surface area contributed by atoms with Crippen LogP contribution in [0.4, 0.5) is 0 Å². The van der Waals surface area contributed by atoms with Gasteiger partial charge in [0.2, 0.25) is 5.91 Å². The van der Waals surface area contributed by atoms with Crippen LogP contribution in [0.1, 0.15) is 39.5 Å². The first kappa shape index (κ1) is 16.1. The fourth-order valence-corrected chi connectivity index (χ4v) is 3.16. The van der Waals surface area contributed by atoms with Crippen molar-refractivity contribution in [1.29, 1.82) is 0 Å². The van der Waals surface area contributed by atoms with Gasteiger partial charge in [0.1, 0.15) is 0 Å². The Morgan fingerprint density at radius 2 is 2.38 bits per heavy atom. The van der Waals surface area contributed by atoms with Crippen molar-refractivity contribution >= 4 is 11.9 Å². The zero-order chi connectivity index (χ0) is 15.5. The molecule has 21 heavy (non-hydrogen) atoms. The monoisotopic (exact) mass is 296 g/mol.